The normalized spacial score (nSPS) is 13.7. The Morgan fingerprint density at radius 1 is 1.18 bits per heavy atom. The topological polar surface area (TPSA) is 12.0 Å². The average Bonchev–Trinajstić information content (AvgIpc) is 2.25. The van der Waals surface area contributed by atoms with Gasteiger partial charge in [-0.25, -0.2) is 0 Å². The van der Waals surface area contributed by atoms with Gasteiger partial charge in [-0.05, 0) is 63.8 Å². The SMILES string of the molecule is CC(CCc1ccc(Br)cc1)CNC(C)(C)C. The van der Waals surface area contributed by atoms with Gasteiger partial charge in [0, 0.05) is 10.0 Å². The first-order valence-electron chi connectivity index (χ1n) is 6.36. The summed E-state index contributed by atoms with van der Waals surface area (Å²) in [5.74, 6) is 0.720. The third-order valence-electron chi connectivity index (χ3n) is 2.82. The van der Waals surface area contributed by atoms with Gasteiger partial charge in [-0.15, -0.1) is 0 Å². The van der Waals surface area contributed by atoms with Gasteiger partial charge in [0.25, 0.3) is 0 Å². The van der Waals surface area contributed by atoms with Crippen LogP contribution in [0.3, 0.4) is 0 Å². The van der Waals surface area contributed by atoms with E-state index < -0.39 is 0 Å². The van der Waals surface area contributed by atoms with Crippen molar-refractivity contribution in [3.63, 3.8) is 0 Å². The predicted molar refractivity (Wildman–Crippen MR) is 79.4 cm³/mol. The van der Waals surface area contributed by atoms with Gasteiger partial charge < -0.3 is 5.32 Å². The van der Waals surface area contributed by atoms with Crippen LogP contribution in [0.2, 0.25) is 0 Å². The highest BCUT2D eigenvalue weighted by Crippen LogP contribution is 2.14. The van der Waals surface area contributed by atoms with Gasteiger partial charge in [0.2, 0.25) is 0 Å². The lowest BCUT2D eigenvalue weighted by Crippen LogP contribution is -2.38. The second kappa shape index (κ2) is 6.55. The molecule has 0 aromatic heterocycles. The summed E-state index contributed by atoms with van der Waals surface area (Å²) >= 11 is 3.46. The Morgan fingerprint density at radius 3 is 2.29 bits per heavy atom. The maximum absolute atomic E-state index is 3.56. The minimum atomic E-state index is 0.228. The van der Waals surface area contributed by atoms with Crippen LogP contribution in [0.1, 0.15) is 39.7 Å². The van der Waals surface area contributed by atoms with E-state index >= 15 is 0 Å². The molecule has 1 aromatic carbocycles. The zero-order valence-corrected chi connectivity index (χ0v) is 13.0. The summed E-state index contributed by atoms with van der Waals surface area (Å²) in [5.41, 5.74) is 1.65. The van der Waals surface area contributed by atoms with Gasteiger partial charge in [0.05, 0.1) is 0 Å². The van der Waals surface area contributed by atoms with Crippen LogP contribution in [-0.4, -0.2) is 12.1 Å². The number of halogens is 1. The van der Waals surface area contributed by atoms with Gasteiger partial charge in [-0.1, -0.05) is 35.0 Å². The molecule has 0 radical (unpaired) electrons. The predicted octanol–water partition coefficient (Wildman–Crippen LogP) is 4.41. The van der Waals surface area contributed by atoms with Crippen molar-refractivity contribution < 1.29 is 0 Å². The van der Waals surface area contributed by atoms with Crippen molar-refractivity contribution >= 4 is 15.9 Å². The first-order chi connectivity index (χ1) is 7.87. The van der Waals surface area contributed by atoms with E-state index in [0.717, 1.165) is 16.9 Å². The van der Waals surface area contributed by atoms with Gasteiger partial charge in [-0.2, -0.15) is 0 Å². The Balaban J connectivity index is 2.28. The molecule has 0 aliphatic heterocycles. The molecule has 1 nitrogen and oxygen atoms in total. The fraction of sp³-hybridized carbons (Fsp3) is 0.600. The van der Waals surface area contributed by atoms with Crippen LogP contribution in [0.25, 0.3) is 0 Å². The van der Waals surface area contributed by atoms with Crippen molar-refractivity contribution in [2.24, 2.45) is 5.92 Å². The lowest BCUT2D eigenvalue weighted by atomic mass is 9.99. The summed E-state index contributed by atoms with van der Waals surface area (Å²) in [5, 5.41) is 3.56. The van der Waals surface area contributed by atoms with Crippen LogP contribution in [0.4, 0.5) is 0 Å². The van der Waals surface area contributed by atoms with Crippen LogP contribution in [0.5, 0.6) is 0 Å². The minimum Gasteiger partial charge on any atom is -0.312 e. The quantitative estimate of drug-likeness (QED) is 0.849. The molecular weight excluding hydrogens is 274 g/mol. The molecule has 0 aliphatic rings. The lowest BCUT2D eigenvalue weighted by molar-refractivity contribution is 0.372. The third-order valence-corrected chi connectivity index (χ3v) is 3.35. The van der Waals surface area contributed by atoms with Crippen LogP contribution >= 0.6 is 15.9 Å². The van der Waals surface area contributed by atoms with Gasteiger partial charge >= 0.3 is 0 Å². The largest absolute Gasteiger partial charge is 0.312 e. The highest BCUT2D eigenvalue weighted by Gasteiger charge is 2.10. The minimum absolute atomic E-state index is 0.228. The van der Waals surface area contributed by atoms with Crippen molar-refractivity contribution in [1.82, 2.24) is 5.32 Å². The van der Waals surface area contributed by atoms with E-state index in [1.54, 1.807) is 0 Å². The van der Waals surface area contributed by atoms with Crippen molar-refractivity contribution in [3.05, 3.63) is 34.3 Å². The second-order valence-corrected chi connectivity index (χ2v) is 6.82. The number of aryl methyl sites for hydroxylation is 1. The van der Waals surface area contributed by atoms with Crippen molar-refractivity contribution in [1.29, 1.82) is 0 Å². The Bertz CT molecular complexity index is 324. The summed E-state index contributed by atoms with van der Waals surface area (Å²) in [6, 6.07) is 8.64. The molecule has 1 unspecified atom stereocenters. The number of rotatable bonds is 5. The number of hydrogen-bond donors (Lipinski definition) is 1. The number of benzene rings is 1. The van der Waals surface area contributed by atoms with Crippen molar-refractivity contribution in [3.8, 4) is 0 Å². The van der Waals surface area contributed by atoms with E-state index in [1.807, 2.05) is 0 Å². The third kappa shape index (κ3) is 6.85. The zero-order valence-electron chi connectivity index (χ0n) is 11.4. The Labute approximate surface area is 114 Å². The van der Waals surface area contributed by atoms with E-state index in [0.29, 0.717) is 0 Å². The summed E-state index contributed by atoms with van der Waals surface area (Å²) in [6.07, 6.45) is 2.41. The molecule has 1 rings (SSSR count). The standard InChI is InChI=1S/C15H24BrN/c1-12(11-17-15(2,3)4)5-6-13-7-9-14(16)10-8-13/h7-10,12,17H,5-6,11H2,1-4H3. The molecule has 0 amide bonds. The molecule has 0 spiro atoms. The fourth-order valence-corrected chi connectivity index (χ4v) is 1.91. The van der Waals surface area contributed by atoms with E-state index in [4.69, 9.17) is 0 Å². The molecule has 0 aliphatic carbocycles. The molecule has 1 aromatic rings. The van der Waals surface area contributed by atoms with E-state index in [9.17, 15) is 0 Å². The van der Waals surface area contributed by atoms with Crippen LogP contribution in [0, 0.1) is 5.92 Å². The summed E-state index contributed by atoms with van der Waals surface area (Å²) < 4.78 is 1.16. The summed E-state index contributed by atoms with van der Waals surface area (Å²) in [7, 11) is 0. The summed E-state index contributed by atoms with van der Waals surface area (Å²) in [4.78, 5) is 0. The molecule has 1 atom stereocenters. The highest BCUT2D eigenvalue weighted by molar-refractivity contribution is 9.10. The van der Waals surface area contributed by atoms with E-state index in [2.05, 4.69) is 73.2 Å². The molecule has 0 fully saturated rings. The molecule has 0 saturated carbocycles. The Kier molecular flexibility index (Phi) is 5.68. The molecule has 0 heterocycles. The molecule has 2 heteroatoms. The van der Waals surface area contributed by atoms with Gasteiger partial charge in [0.15, 0.2) is 0 Å². The van der Waals surface area contributed by atoms with E-state index in [1.165, 1.54) is 18.4 Å². The smallest absolute Gasteiger partial charge is 0.0175 e. The van der Waals surface area contributed by atoms with Crippen LogP contribution in [-0.2, 0) is 6.42 Å². The first-order valence-corrected chi connectivity index (χ1v) is 7.15. The summed E-state index contributed by atoms with van der Waals surface area (Å²) in [6.45, 7) is 10.1. The molecule has 0 bridgehead atoms. The van der Waals surface area contributed by atoms with E-state index in [-0.39, 0.29) is 5.54 Å². The number of nitrogens with one attached hydrogen (secondary N) is 1. The maximum atomic E-state index is 3.56. The first kappa shape index (κ1) is 14.7. The number of hydrogen-bond acceptors (Lipinski definition) is 1. The Morgan fingerprint density at radius 2 is 1.76 bits per heavy atom. The van der Waals surface area contributed by atoms with Crippen molar-refractivity contribution in [2.75, 3.05) is 6.54 Å². The average molecular weight is 298 g/mol. The molecule has 96 valence electrons. The monoisotopic (exact) mass is 297 g/mol. The van der Waals surface area contributed by atoms with Gasteiger partial charge in [-0.3, -0.25) is 0 Å². The highest BCUT2D eigenvalue weighted by atomic mass is 79.9. The van der Waals surface area contributed by atoms with Crippen LogP contribution in [0.15, 0.2) is 28.7 Å². The second-order valence-electron chi connectivity index (χ2n) is 5.90. The van der Waals surface area contributed by atoms with Crippen LogP contribution < -0.4 is 5.32 Å². The fourth-order valence-electron chi connectivity index (χ4n) is 1.65. The zero-order chi connectivity index (χ0) is 12.9. The van der Waals surface area contributed by atoms with Gasteiger partial charge in [0.1, 0.15) is 0 Å². The molecule has 17 heavy (non-hydrogen) atoms. The lowest BCUT2D eigenvalue weighted by Gasteiger charge is -2.23. The van der Waals surface area contributed by atoms with Crippen molar-refractivity contribution in [2.45, 2.75) is 46.1 Å². The maximum Gasteiger partial charge on any atom is 0.0175 e. The Hall–Kier alpha value is -0.340. The molecule has 0 saturated heterocycles. The molecular formula is C15H24BrN. The molecule has 1 N–H and O–H groups in total.